The summed E-state index contributed by atoms with van der Waals surface area (Å²) in [6.45, 7) is 2.04. The third-order valence-electron chi connectivity index (χ3n) is 2.69. The fourth-order valence-corrected chi connectivity index (χ4v) is 2.57. The molecule has 0 radical (unpaired) electrons. The molecule has 1 atom stereocenters. The average molecular weight is 274 g/mol. The second-order valence-electron chi connectivity index (χ2n) is 4.20. The van der Waals surface area contributed by atoms with Gasteiger partial charge in [-0.2, -0.15) is 0 Å². The first-order chi connectivity index (χ1) is 8.54. The first-order valence-electron chi connectivity index (χ1n) is 5.89. The number of carbonyl (C=O) groups is 3. The van der Waals surface area contributed by atoms with E-state index in [0.717, 1.165) is 6.42 Å². The number of thioether (sulfide) groups is 1. The van der Waals surface area contributed by atoms with Crippen LogP contribution in [0.15, 0.2) is 0 Å². The van der Waals surface area contributed by atoms with Crippen LogP contribution in [0, 0.1) is 5.92 Å². The van der Waals surface area contributed by atoms with Crippen molar-refractivity contribution >= 4 is 29.5 Å². The number of carboxylic acid groups (broad SMARTS) is 1. The van der Waals surface area contributed by atoms with Gasteiger partial charge in [0.25, 0.3) is 0 Å². The van der Waals surface area contributed by atoms with Gasteiger partial charge in [0.05, 0.1) is 17.5 Å². The Labute approximate surface area is 110 Å². The maximum absolute atomic E-state index is 11.6. The molecule has 2 N–H and O–H groups in total. The number of nitrogens with zero attached hydrogens (tertiary/aromatic N) is 1. The van der Waals surface area contributed by atoms with E-state index in [4.69, 9.17) is 5.11 Å². The second-order valence-corrected chi connectivity index (χ2v) is 5.15. The number of aliphatic carboxylic acids is 1. The molecule has 1 saturated heterocycles. The van der Waals surface area contributed by atoms with Crippen LogP contribution in [0.1, 0.15) is 19.8 Å². The molecule has 18 heavy (non-hydrogen) atoms. The zero-order valence-corrected chi connectivity index (χ0v) is 11.2. The smallest absolute Gasteiger partial charge is 0.308 e. The molecule has 1 aliphatic rings. The molecular formula is C11H18N2O4S. The average Bonchev–Trinajstić information content (AvgIpc) is 2.70. The third-order valence-corrected chi connectivity index (χ3v) is 3.64. The molecule has 0 spiro atoms. The number of carbonyl (C=O) groups excluding carboxylic acids is 2. The lowest BCUT2D eigenvalue weighted by molar-refractivity contribution is -0.142. The monoisotopic (exact) mass is 274 g/mol. The van der Waals surface area contributed by atoms with E-state index in [-0.39, 0.29) is 24.9 Å². The van der Waals surface area contributed by atoms with Crippen molar-refractivity contribution in [1.29, 1.82) is 0 Å². The van der Waals surface area contributed by atoms with Crippen LogP contribution >= 0.6 is 11.8 Å². The molecule has 1 heterocycles. The minimum atomic E-state index is -0.898. The van der Waals surface area contributed by atoms with Gasteiger partial charge in [0.1, 0.15) is 6.54 Å². The van der Waals surface area contributed by atoms with Crippen LogP contribution in [0.25, 0.3) is 0 Å². The molecular weight excluding hydrogens is 256 g/mol. The summed E-state index contributed by atoms with van der Waals surface area (Å²) in [5.74, 6) is -0.844. The van der Waals surface area contributed by atoms with Crippen LogP contribution in [0.3, 0.4) is 0 Å². The summed E-state index contributed by atoms with van der Waals surface area (Å²) >= 11 is 1.47. The molecule has 0 aliphatic carbocycles. The zero-order chi connectivity index (χ0) is 13.5. The van der Waals surface area contributed by atoms with Crippen molar-refractivity contribution < 1.29 is 19.5 Å². The Morgan fingerprint density at radius 2 is 2.28 bits per heavy atom. The van der Waals surface area contributed by atoms with Crippen LogP contribution in [0.2, 0.25) is 0 Å². The van der Waals surface area contributed by atoms with E-state index in [2.05, 4.69) is 5.32 Å². The van der Waals surface area contributed by atoms with Gasteiger partial charge in [0, 0.05) is 6.54 Å². The summed E-state index contributed by atoms with van der Waals surface area (Å²) in [4.78, 5) is 35.2. The predicted octanol–water partition coefficient (Wildman–Crippen LogP) is 0.136. The van der Waals surface area contributed by atoms with E-state index in [0.29, 0.717) is 18.1 Å². The highest BCUT2D eigenvalue weighted by atomic mass is 32.2. The van der Waals surface area contributed by atoms with Gasteiger partial charge in [-0.1, -0.05) is 13.3 Å². The molecule has 102 valence electrons. The highest BCUT2D eigenvalue weighted by Crippen LogP contribution is 2.14. The van der Waals surface area contributed by atoms with E-state index >= 15 is 0 Å². The van der Waals surface area contributed by atoms with E-state index in [9.17, 15) is 14.4 Å². The van der Waals surface area contributed by atoms with Crippen molar-refractivity contribution in [3.63, 3.8) is 0 Å². The Bertz CT molecular complexity index is 335. The van der Waals surface area contributed by atoms with E-state index in [1.165, 1.54) is 16.7 Å². The molecule has 2 amide bonds. The number of amides is 2. The number of carboxylic acids is 1. The first-order valence-corrected chi connectivity index (χ1v) is 7.05. The highest BCUT2D eigenvalue weighted by molar-refractivity contribution is 8.00. The zero-order valence-electron chi connectivity index (χ0n) is 10.3. The Morgan fingerprint density at radius 1 is 1.56 bits per heavy atom. The van der Waals surface area contributed by atoms with Crippen LogP contribution < -0.4 is 5.32 Å². The fourth-order valence-electron chi connectivity index (χ4n) is 1.67. The molecule has 1 aliphatic heterocycles. The Balaban J connectivity index is 2.31. The number of hydrogen-bond donors (Lipinski definition) is 2. The predicted molar refractivity (Wildman–Crippen MR) is 68.1 cm³/mol. The Kier molecular flexibility index (Phi) is 5.97. The normalized spacial score (nSPS) is 16.7. The molecule has 1 fully saturated rings. The first kappa shape index (κ1) is 14.8. The standard InChI is InChI=1S/C11H18N2O4S/c1-2-3-8(11(16)17)4-12-9(14)5-13-7-18-6-10(13)15/h8H,2-7H2,1H3,(H,12,14)(H,16,17). The van der Waals surface area contributed by atoms with Crippen molar-refractivity contribution in [2.24, 2.45) is 5.92 Å². The molecule has 0 saturated carbocycles. The summed E-state index contributed by atoms with van der Waals surface area (Å²) in [5, 5.41) is 11.5. The van der Waals surface area contributed by atoms with E-state index < -0.39 is 11.9 Å². The van der Waals surface area contributed by atoms with Crippen LogP contribution in [-0.2, 0) is 14.4 Å². The third kappa shape index (κ3) is 4.56. The summed E-state index contributed by atoms with van der Waals surface area (Å²) in [7, 11) is 0. The highest BCUT2D eigenvalue weighted by Gasteiger charge is 2.23. The number of hydrogen-bond acceptors (Lipinski definition) is 4. The SMILES string of the molecule is CCCC(CNC(=O)CN1CSCC1=O)C(=O)O. The van der Waals surface area contributed by atoms with Crippen LogP contribution in [0.5, 0.6) is 0 Å². The molecule has 0 aromatic heterocycles. The molecule has 0 bridgehead atoms. The van der Waals surface area contributed by atoms with Gasteiger partial charge in [-0.15, -0.1) is 11.8 Å². The van der Waals surface area contributed by atoms with E-state index in [1.807, 2.05) is 6.92 Å². The van der Waals surface area contributed by atoms with E-state index in [1.54, 1.807) is 0 Å². The number of rotatable bonds is 7. The lowest BCUT2D eigenvalue weighted by Gasteiger charge is -2.16. The minimum absolute atomic E-state index is 0.0182. The molecule has 6 nitrogen and oxygen atoms in total. The molecule has 1 unspecified atom stereocenters. The Morgan fingerprint density at radius 3 is 2.78 bits per heavy atom. The van der Waals surface area contributed by atoms with Gasteiger partial charge in [0.15, 0.2) is 0 Å². The van der Waals surface area contributed by atoms with Crippen molar-refractivity contribution in [2.45, 2.75) is 19.8 Å². The molecule has 0 aromatic rings. The van der Waals surface area contributed by atoms with Gasteiger partial charge in [-0.25, -0.2) is 0 Å². The maximum Gasteiger partial charge on any atom is 0.308 e. The van der Waals surface area contributed by atoms with Crippen molar-refractivity contribution in [3.05, 3.63) is 0 Å². The minimum Gasteiger partial charge on any atom is -0.481 e. The quantitative estimate of drug-likeness (QED) is 0.689. The maximum atomic E-state index is 11.6. The molecule has 0 aromatic carbocycles. The van der Waals surface area contributed by atoms with Crippen molar-refractivity contribution in [1.82, 2.24) is 10.2 Å². The second kappa shape index (κ2) is 7.25. The lowest BCUT2D eigenvalue weighted by Crippen LogP contribution is -2.41. The van der Waals surface area contributed by atoms with Crippen LogP contribution in [0.4, 0.5) is 0 Å². The fraction of sp³-hybridized carbons (Fsp3) is 0.727. The summed E-state index contributed by atoms with van der Waals surface area (Å²) in [6.07, 6.45) is 1.29. The van der Waals surface area contributed by atoms with Gasteiger partial charge < -0.3 is 15.3 Å². The van der Waals surface area contributed by atoms with Gasteiger partial charge >= 0.3 is 5.97 Å². The van der Waals surface area contributed by atoms with Gasteiger partial charge in [0.2, 0.25) is 11.8 Å². The molecule has 7 heteroatoms. The summed E-state index contributed by atoms with van der Waals surface area (Å²) in [5.41, 5.74) is 0. The lowest BCUT2D eigenvalue weighted by atomic mass is 10.0. The van der Waals surface area contributed by atoms with Crippen molar-refractivity contribution in [3.8, 4) is 0 Å². The van der Waals surface area contributed by atoms with Crippen LogP contribution in [-0.4, -0.2) is 52.5 Å². The van der Waals surface area contributed by atoms with Gasteiger partial charge in [-0.3, -0.25) is 14.4 Å². The molecule has 1 rings (SSSR count). The van der Waals surface area contributed by atoms with Gasteiger partial charge in [-0.05, 0) is 6.42 Å². The summed E-state index contributed by atoms with van der Waals surface area (Å²) in [6, 6.07) is 0. The number of nitrogens with one attached hydrogen (secondary N) is 1. The topological polar surface area (TPSA) is 86.7 Å². The Hall–Kier alpha value is -1.24. The van der Waals surface area contributed by atoms with Crippen molar-refractivity contribution in [2.75, 3.05) is 24.7 Å². The summed E-state index contributed by atoms with van der Waals surface area (Å²) < 4.78 is 0. The largest absolute Gasteiger partial charge is 0.481 e.